The van der Waals surface area contributed by atoms with Crippen molar-refractivity contribution in [2.45, 2.75) is 51.4 Å². The van der Waals surface area contributed by atoms with Gasteiger partial charge in [-0.25, -0.2) is 13.2 Å². The van der Waals surface area contributed by atoms with Crippen molar-refractivity contribution >= 4 is 28.5 Å². The summed E-state index contributed by atoms with van der Waals surface area (Å²) in [7, 11) is 1.26. The topological polar surface area (TPSA) is 74.5 Å². The minimum absolute atomic E-state index is 0.0185. The van der Waals surface area contributed by atoms with Gasteiger partial charge in [0.05, 0.1) is 18.5 Å². The highest BCUT2D eigenvalue weighted by molar-refractivity contribution is 6.25. The number of anilines is 1. The first-order valence-corrected chi connectivity index (χ1v) is 14.0. The SMILES string of the molecule is C=CCCCCC(=N)CC(=O)c1ccc(N/C2=C\C/C=C\C=C3\C(c4ccc(OC)c(F)c4F)=CN=C23)cc1CC(F)F. The fourth-order valence-corrected chi connectivity index (χ4v) is 4.97. The summed E-state index contributed by atoms with van der Waals surface area (Å²) in [5.41, 5.74) is 3.01. The van der Waals surface area contributed by atoms with Crippen LogP contribution in [0.4, 0.5) is 23.2 Å². The van der Waals surface area contributed by atoms with Crippen LogP contribution in [-0.4, -0.2) is 30.7 Å². The number of nitrogens with one attached hydrogen (secondary N) is 2. The fraction of sp³-hybridized carbons (Fsp3) is 0.265. The molecule has 0 spiro atoms. The van der Waals surface area contributed by atoms with E-state index in [1.54, 1.807) is 24.3 Å². The Morgan fingerprint density at radius 1 is 1.16 bits per heavy atom. The average molecular weight is 592 g/mol. The number of unbranched alkanes of at least 4 members (excludes halogenated alkanes) is 2. The van der Waals surface area contributed by atoms with Crippen LogP contribution in [0.2, 0.25) is 0 Å². The van der Waals surface area contributed by atoms with Gasteiger partial charge in [-0.3, -0.25) is 9.79 Å². The number of Topliss-reactive ketones (excluding diaryl/α,β-unsaturated/α-hetero) is 1. The van der Waals surface area contributed by atoms with Crippen LogP contribution in [0.25, 0.3) is 5.57 Å². The van der Waals surface area contributed by atoms with Crippen molar-refractivity contribution in [3.8, 4) is 5.75 Å². The Balaban J connectivity index is 1.56. The molecule has 4 rings (SSSR count). The molecule has 43 heavy (non-hydrogen) atoms. The van der Waals surface area contributed by atoms with Gasteiger partial charge in [-0.2, -0.15) is 4.39 Å². The number of alkyl halides is 2. The summed E-state index contributed by atoms with van der Waals surface area (Å²) in [6.45, 7) is 3.67. The molecule has 1 aliphatic heterocycles. The largest absolute Gasteiger partial charge is 0.494 e. The van der Waals surface area contributed by atoms with Crippen LogP contribution in [0.1, 0.15) is 60.0 Å². The standard InChI is InChI=1S/C34H33F4N3O2/c1-3-4-5-7-10-22(39)19-29(42)24-14-13-23(17-21(24)18-31(35)36)41-28-12-9-6-8-11-26-27(20-40-34(26)28)25-15-16-30(43-2)33(38)32(25)37/h3,6,8,11-17,20,31,39,41H,1,4-5,7,9-10,18-19H2,2H3/b8-6-,26-11-,28-12-,39-22?. The fourth-order valence-electron chi connectivity index (χ4n) is 4.97. The zero-order valence-corrected chi connectivity index (χ0v) is 23.9. The molecule has 5 nitrogen and oxygen atoms in total. The number of carbonyl (C=O) groups excluding carboxylic acids is 1. The number of aliphatic imine (C=N–C) groups is 1. The van der Waals surface area contributed by atoms with Crippen molar-refractivity contribution in [3.63, 3.8) is 0 Å². The Morgan fingerprint density at radius 3 is 2.72 bits per heavy atom. The minimum atomic E-state index is -2.67. The van der Waals surface area contributed by atoms with Gasteiger partial charge in [-0.1, -0.05) is 30.4 Å². The molecule has 0 aromatic heterocycles. The first kappa shape index (κ1) is 31.4. The summed E-state index contributed by atoms with van der Waals surface area (Å²) in [4.78, 5) is 17.5. The number of fused-ring (bicyclic) bond motifs is 1. The maximum Gasteiger partial charge on any atom is 0.242 e. The first-order chi connectivity index (χ1) is 20.7. The highest BCUT2D eigenvalue weighted by Crippen LogP contribution is 2.36. The van der Waals surface area contributed by atoms with E-state index in [2.05, 4.69) is 16.9 Å². The molecule has 0 amide bonds. The molecule has 0 saturated carbocycles. The van der Waals surface area contributed by atoms with Gasteiger partial charge in [0, 0.05) is 52.7 Å². The lowest BCUT2D eigenvalue weighted by molar-refractivity contribution is 0.0997. The molecule has 9 heteroatoms. The lowest BCUT2D eigenvalue weighted by Gasteiger charge is -2.18. The average Bonchev–Trinajstić information content (AvgIpc) is 3.37. The molecule has 1 aliphatic carbocycles. The van der Waals surface area contributed by atoms with Crippen LogP contribution >= 0.6 is 0 Å². The third kappa shape index (κ3) is 7.66. The Bertz CT molecular complexity index is 1570. The third-order valence-electron chi connectivity index (χ3n) is 7.11. The molecule has 0 unspecified atom stereocenters. The number of carbonyl (C=O) groups is 1. The number of benzene rings is 2. The summed E-state index contributed by atoms with van der Waals surface area (Å²) in [6.07, 6.45) is 10.6. The predicted octanol–water partition coefficient (Wildman–Crippen LogP) is 8.80. The van der Waals surface area contributed by atoms with Gasteiger partial charge in [-0.15, -0.1) is 6.58 Å². The third-order valence-corrected chi connectivity index (χ3v) is 7.11. The smallest absolute Gasteiger partial charge is 0.242 e. The van der Waals surface area contributed by atoms with Crippen LogP contribution in [0.3, 0.4) is 0 Å². The molecule has 0 saturated heterocycles. The van der Waals surface area contributed by atoms with Gasteiger partial charge >= 0.3 is 0 Å². The number of halogens is 4. The summed E-state index contributed by atoms with van der Waals surface area (Å²) in [5, 5.41) is 11.4. The second kappa shape index (κ2) is 14.6. The highest BCUT2D eigenvalue weighted by atomic mass is 19.3. The van der Waals surface area contributed by atoms with Crippen LogP contribution < -0.4 is 10.1 Å². The molecule has 2 N–H and O–H groups in total. The number of ether oxygens (including phenoxy) is 1. The van der Waals surface area contributed by atoms with Gasteiger partial charge < -0.3 is 15.5 Å². The van der Waals surface area contributed by atoms with Gasteiger partial charge in [0.2, 0.25) is 12.2 Å². The second-order valence-electron chi connectivity index (χ2n) is 10.2. The number of methoxy groups -OCH3 is 1. The van der Waals surface area contributed by atoms with Gasteiger partial charge in [0.25, 0.3) is 0 Å². The Kier molecular flexibility index (Phi) is 10.6. The summed E-state index contributed by atoms with van der Waals surface area (Å²) in [6, 6.07) is 7.40. The number of ketones is 1. The number of hydrogen-bond acceptors (Lipinski definition) is 5. The van der Waals surface area contributed by atoms with Crippen LogP contribution in [0.5, 0.6) is 5.75 Å². The molecular formula is C34H33F4N3O2. The van der Waals surface area contributed by atoms with E-state index in [9.17, 15) is 22.4 Å². The molecule has 0 fully saturated rings. The Morgan fingerprint density at radius 2 is 1.98 bits per heavy atom. The molecule has 224 valence electrons. The van der Waals surface area contributed by atoms with Crippen LogP contribution in [-0.2, 0) is 6.42 Å². The zero-order valence-electron chi connectivity index (χ0n) is 23.9. The second-order valence-corrected chi connectivity index (χ2v) is 10.2. The van der Waals surface area contributed by atoms with Crippen molar-refractivity contribution in [2.24, 2.45) is 4.99 Å². The lowest BCUT2D eigenvalue weighted by atomic mass is 9.93. The molecule has 0 bridgehead atoms. The van der Waals surface area contributed by atoms with Gasteiger partial charge in [-0.05, 0) is 68.0 Å². The van der Waals surface area contributed by atoms with E-state index in [1.807, 2.05) is 12.2 Å². The summed E-state index contributed by atoms with van der Waals surface area (Å²) >= 11 is 0. The van der Waals surface area contributed by atoms with Crippen molar-refractivity contribution in [3.05, 3.63) is 113 Å². The van der Waals surface area contributed by atoms with Gasteiger partial charge in [0.15, 0.2) is 17.3 Å². The van der Waals surface area contributed by atoms with Gasteiger partial charge in [0.1, 0.15) is 0 Å². The Labute approximate surface area is 248 Å². The van der Waals surface area contributed by atoms with Crippen molar-refractivity contribution < 1.29 is 27.1 Å². The maximum atomic E-state index is 15.0. The number of hydrogen-bond donors (Lipinski definition) is 2. The first-order valence-electron chi connectivity index (χ1n) is 14.0. The molecule has 2 aromatic carbocycles. The normalized spacial score (nSPS) is 17.3. The summed E-state index contributed by atoms with van der Waals surface area (Å²) in [5.74, 6) is -2.75. The van der Waals surface area contributed by atoms with Crippen LogP contribution in [0, 0.1) is 17.0 Å². The Hall–Kier alpha value is -4.53. The highest BCUT2D eigenvalue weighted by Gasteiger charge is 2.27. The van der Waals surface area contributed by atoms with Crippen molar-refractivity contribution in [2.75, 3.05) is 12.4 Å². The summed E-state index contributed by atoms with van der Waals surface area (Å²) < 4.78 is 61.5. The quantitative estimate of drug-likeness (QED) is 0.0758. The van der Waals surface area contributed by atoms with E-state index in [4.69, 9.17) is 10.1 Å². The molecule has 2 aliphatic rings. The zero-order chi connectivity index (χ0) is 30.9. The van der Waals surface area contributed by atoms with E-state index in [0.717, 1.165) is 19.3 Å². The number of nitrogens with zero attached hydrogens (tertiary/aromatic N) is 1. The number of allylic oxidation sites excluding steroid dienone is 7. The lowest BCUT2D eigenvalue weighted by Crippen LogP contribution is -2.15. The molecule has 2 aromatic rings. The van der Waals surface area contributed by atoms with E-state index in [-0.39, 0.29) is 40.4 Å². The van der Waals surface area contributed by atoms with E-state index >= 15 is 0 Å². The van der Waals surface area contributed by atoms with Crippen molar-refractivity contribution in [1.29, 1.82) is 5.41 Å². The number of rotatable bonds is 14. The maximum absolute atomic E-state index is 15.0. The molecule has 1 heterocycles. The van der Waals surface area contributed by atoms with Crippen molar-refractivity contribution in [1.82, 2.24) is 0 Å². The molecule has 0 radical (unpaired) electrons. The molecule has 0 atom stereocenters. The van der Waals surface area contributed by atoms with E-state index < -0.39 is 24.5 Å². The van der Waals surface area contributed by atoms with Crippen LogP contribution in [0.15, 0.2) is 89.8 Å². The van der Waals surface area contributed by atoms with E-state index in [1.165, 1.54) is 37.6 Å². The molecular weight excluding hydrogens is 558 g/mol. The minimum Gasteiger partial charge on any atom is -0.494 e. The monoisotopic (exact) mass is 591 g/mol. The van der Waals surface area contributed by atoms with E-state index in [0.29, 0.717) is 41.1 Å². The predicted molar refractivity (Wildman–Crippen MR) is 163 cm³/mol.